The molecule has 0 saturated carbocycles. The van der Waals surface area contributed by atoms with E-state index in [4.69, 9.17) is 0 Å². The van der Waals surface area contributed by atoms with Gasteiger partial charge >= 0.3 is 0 Å². The van der Waals surface area contributed by atoms with Crippen LogP contribution in [0.1, 0.15) is 5.56 Å². The molecule has 124 valence electrons. The van der Waals surface area contributed by atoms with Gasteiger partial charge in [-0.3, -0.25) is 9.80 Å². The zero-order valence-corrected chi connectivity index (χ0v) is 14.1. The van der Waals surface area contributed by atoms with Crippen molar-refractivity contribution in [3.63, 3.8) is 0 Å². The molecule has 4 rings (SSSR count). The third-order valence-electron chi connectivity index (χ3n) is 5.05. The molecule has 0 unspecified atom stereocenters. The molecule has 24 heavy (non-hydrogen) atoms. The second-order valence-electron chi connectivity index (χ2n) is 6.67. The van der Waals surface area contributed by atoms with Gasteiger partial charge in [-0.1, -0.05) is 48.5 Å². The van der Waals surface area contributed by atoms with Crippen molar-refractivity contribution >= 4 is 10.9 Å². The lowest BCUT2D eigenvalue weighted by molar-refractivity contribution is 0.124. The van der Waals surface area contributed by atoms with Crippen LogP contribution in [0, 0.1) is 0 Å². The summed E-state index contributed by atoms with van der Waals surface area (Å²) in [4.78, 5) is 5.16. The Kier molecular flexibility index (Phi) is 4.63. The third-order valence-corrected chi connectivity index (χ3v) is 5.05. The molecule has 0 amide bonds. The van der Waals surface area contributed by atoms with Gasteiger partial charge in [0.1, 0.15) is 0 Å². The molecule has 1 saturated heterocycles. The first-order valence-corrected chi connectivity index (χ1v) is 8.91. The van der Waals surface area contributed by atoms with Crippen LogP contribution in [0.25, 0.3) is 10.9 Å². The average Bonchev–Trinajstić information content (AvgIpc) is 3.05. The number of hydrogen-bond donors (Lipinski definition) is 0. The molecule has 3 nitrogen and oxygen atoms in total. The van der Waals surface area contributed by atoms with Crippen molar-refractivity contribution < 1.29 is 0 Å². The standard InChI is InChI=1S/C21H25N3/c1-2-6-19(7-3-1)18-23-14-12-22(13-15-23)16-17-24-11-10-20-8-4-5-9-21(20)24/h1-11H,12-18H2. The van der Waals surface area contributed by atoms with E-state index < -0.39 is 0 Å². The van der Waals surface area contributed by atoms with Gasteiger partial charge in [0.15, 0.2) is 0 Å². The molecule has 0 bridgehead atoms. The monoisotopic (exact) mass is 319 g/mol. The number of hydrogen-bond acceptors (Lipinski definition) is 2. The van der Waals surface area contributed by atoms with Crippen LogP contribution in [0.15, 0.2) is 66.9 Å². The zero-order chi connectivity index (χ0) is 16.2. The summed E-state index contributed by atoms with van der Waals surface area (Å²) in [6, 6.07) is 21.7. The highest BCUT2D eigenvalue weighted by Gasteiger charge is 2.16. The predicted octanol–water partition coefficient (Wildman–Crippen LogP) is 3.46. The molecule has 2 aromatic carbocycles. The highest BCUT2D eigenvalue weighted by molar-refractivity contribution is 5.79. The second kappa shape index (κ2) is 7.20. The maximum absolute atomic E-state index is 2.59. The van der Waals surface area contributed by atoms with Crippen molar-refractivity contribution in [1.82, 2.24) is 14.4 Å². The maximum atomic E-state index is 2.59. The Morgan fingerprint density at radius 3 is 2.21 bits per heavy atom. The fraction of sp³-hybridized carbons (Fsp3) is 0.333. The molecule has 0 N–H and O–H groups in total. The summed E-state index contributed by atoms with van der Waals surface area (Å²) < 4.78 is 2.38. The SMILES string of the molecule is c1ccc(CN2CCN(CCn3ccc4ccccc43)CC2)cc1. The van der Waals surface area contributed by atoms with E-state index in [0.29, 0.717) is 0 Å². The molecular weight excluding hydrogens is 294 g/mol. The fourth-order valence-electron chi connectivity index (χ4n) is 3.60. The maximum Gasteiger partial charge on any atom is 0.0480 e. The predicted molar refractivity (Wildman–Crippen MR) is 100 cm³/mol. The van der Waals surface area contributed by atoms with E-state index in [2.05, 4.69) is 81.2 Å². The quantitative estimate of drug-likeness (QED) is 0.713. The van der Waals surface area contributed by atoms with Crippen LogP contribution in [0.3, 0.4) is 0 Å². The summed E-state index contributed by atoms with van der Waals surface area (Å²) in [6.07, 6.45) is 2.22. The summed E-state index contributed by atoms with van der Waals surface area (Å²) in [5.74, 6) is 0. The molecule has 1 aromatic heterocycles. The Morgan fingerprint density at radius 1 is 0.667 bits per heavy atom. The van der Waals surface area contributed by atoms with E-state index in [1.807, 2.05) is 0 Å². The Balaban J connectivity index is 1.27. The molecule has 0 spiro atoms. The summed E-state index contributed by atoms with van der Waals surface area (Å²) in [5.41, 5.74) is 2.77. The van der Waals surface area contributed by atoms with E-state index in [1.54, 1.807) is 0 Å². The molecule has 3 heteroatoms. The van der Waals surface area contributed by atoms with Crippen molar-refractivity contribution in [2.45, 2.75) is 13.1 Å². The molecule has 1 aliphatic heterocycles. The lowest BCUT2D eigenvalue weighted by Gasteiger charge is -2.34. The topological polar surface area (TPSA) is 11.4 Å². The van der Waals surface area contributed by atoms with Crippen LogP contribution in [0.5, 0.6) is 0 Å². The van der Waals surface area contributed by atoms with E-state index >= 15 is 0 Å². The van der Waals surface area contributed by atoms with Crippen LogP contribution >= 0.6 is 0 Å². The van der Waals surface area contributed by atoms with E-state index in [1.165, 1.54) is 42.6 Å². The lowest BCUT2D eigenvalue weighted by atomic mass is 10.2. The Hall–Kier alpha value is -2.10. The minimum Gasteiger partial charge on any atom is -0.346 e. The van der Waals surface area contributed by atoms with Crippen molar-refractivity contribution in [2.24, 2.45) is 0 Å². The number of para-hydroxylation sites is 1. The molecule has 0 aliphatic carbocycles. The molecule has 1 aliphatic rings. The molecule has 1 fully saturated rings. The van der Waals surface area contributed by atoms with Gasteiger partial charge in [-0.25, -0.2) is 0 Å². The van der Waals surface area contributed by atoms with E-state index in [-0.39, 0.29) is 0 Å². The first kappa shape index (κ1) is 15.4. The van der Waals surface area contributed by atoms with Gasteiger partial charge in [0, 0.05) is 57.5 Å². The smallest absolute Gasteiger partial charge is 0.0480 e. The van der Waals surface area contributed by atoms with Gasteiger partial charge in [-0.05, 0) is 23.1 Å². The molecule has 3 aromatic rings. The Morgan fingerprint density at radius 2 is 1.38 bits per heavy atom. The van der Waals surface area contributed by atoms with Crippen LogP contribution in [0.2, 0.25) is 0 Å². The fourth-order valence-corrected chi connectivity index (χ4v) is 3.60. The minimum absolute atomic E-state index is 1.08. The van der Waals surface area contributed by atoms with Crippen molar-refractivity contribution in [3.8, 4) is 0 Å². The van der Waals surface area contributed by atoms with Crippen LogP contribution < -0.4 is 0 Å². The van der Waals surface area contributed by atoms with Gasteiger partial charge < -0.3 is 4.57 Å². The Bertz CT molecular complexity index is 770. The number of benzene rings is 2. The van der Waals surface area contributed by atoms with Crippen molar-refractivity contribution in [3.05, 3.63) is 72.4 Å². The molecular formula is C21H25N3. The number of nitrogens with zero attached hydrogens (tertiary/aromatic N) is 3. The van der Waals surface area contributed by atoms with Gasteiger partial charge in [-0.15, -0.1) is 0 Å². The van der Waals surface area contributed by atoms with Gasteiger partial charge in [0.2, 0.25) is 0 Å². The molecule has 2 heterocycles. The van der Waals surface area contributed by atoms with Crippen LogP contribution in [-0.4, -0.2) is 47.1 Å². The molecule has 0 radical (unpaired) electrons. The highest BCUT2D eigenvalue weighted by atomic mass is 15.3. The second-order valence-corrected chi connectivity index (χ2v) is 6.67. The first-order valence-electron chi connectivity index (χ1n) is 8.91. The lowest BCUT2D eigenvalue weighted by Crippen LogP contribution is -2.46. The largest absolute Gasteiger partial charge is 0.346 e. The van der Waals surface area contributed by atoms with Crippen LogP contribution in [-0.2, 0) is 13.1 Å². The average molecular weight is 319 g/mol. The summed E-state index contributed by atoms with van der Waals surface area (Å²) >= 11 is 0. The van der Waals surface area contributed by atoms with Crippen molar-refractivity contribution in [2.75, 3.05) is 32.7 Å². The number of piperazine rings is 1. The van der Waals surface area contributed by atoms with Gasteiger partial charge in [0.05, 0.1) is 0 Å². The van der Waals surface area contributed by atoms with Gasteiger partial charge in [-0.2, -0.15) is 0 Å². The third kappa shape index (κ3) is 3.53. The number of rotatable bonds is 5. The molecule has 0 atom stereocenters. The van der Waals surface area contributed by atoms with Gasteiger partial charge in [0.25, 0.3) is 0 Å². The normalized spacial score (nSPS) is 16.7. The number of fused-ring (bicyclic) bond motifs is 1. The van der Waals surface area contributed by atoms with E-state index in [0.717, 1.165) is 19.6 Å². The first-order chi connectivity index (χ1) is 11.9. The highest BCUT2D eigenvalue weighted by Crippen LogP contribution is 2.15. The van der Waals surface area contributed by atoms with Crippen LogP contribution in [0.4, 0.5) is 0 Å². The van der Waals surface area contributed by atoms with Crippen molar-refractivity contribution in [1.29, 1.82) is 0 Å². The zero-order valence-electron chi connectivity index (χ0n) is 14.1. The summed E-state index contributed by atoms with van der Waals surface area (Å²) in [5, 5.41) is 1.34. The summed E-state index contributed by atoms with van der Waals surface area (Å²) in [6.45, 7) is 7.97. The summed E-state index contributed by atoms with van der Waals surface area (Å²) in [7, 11) is 0. The van der Waals surface area contributed by atoms with E-state index in [9.17, 15) is 0 Å². The Labute approximate surface area is 144 Å². The number of aromatic nitrogens is 1. The minimum atomic E-state index is 1.08.